The van der Waals surface area contributed by atoms with E-state index in [2.05, 4.69) is 64.5 Å². The van der Waals surface area contributed by atoms with Crippen LogP contribution in [0.25, 0.3) is 55.0 Å². The smallest absolute Gasteiger partial charge is 0.453 e. The van der Waals surface area contributed by atoms with Crippen LogP contribution in [0.15, 0.2) is 162 Å². The molecule has 0 radical (unpaired) electrons. The fourth-order valence-electron chi connectivity index (χ4n) is 7.73. The predicted octanol–water partition coefficient (Wildman–Crippen LogP) is 17.1. The molecule has 9 aromatic rings. The van der Waals surface area contributed by atoms with E-state index in [1.807, 2.05) is 134 Å². The standard InChI is InChI=1S/C53H51NO8P2S/c1-52(2,3)44-31-36(55-7)29-42(50(44)61-63-57-46-21-13-9-17-38(46)39-18-10-14-22-47(39)58-63)43-30-37(56-33-34-25-27-35(28-26-34)54-65-8)32-45(53(4,5)6)51(43)62-64-59-48-23-15-11-19-40(48)41-20-12-16-24-49(41)60-64/h9-32,54H,33H2,1-8H3. The molecule has 0 amide bonds. The van der Waals surface area contributed by atoms with Crippen LogP contribution in [-0.2, 0) is 17.4 Å². The molecule has 9 rings (SSSR count). The van der Waals surface area contributed by atoms with E-state index >= 15 is 0 Å². The lowest BCUT2D eigenvalue weighted by Crippen LogP contribution is -2.15. The third-order valence-corrected chi connectivity index (χ3v) is 13.5. The maximum Gasteiger partial charge on any atom is 0.453 e. The molecule has 0 aliphatic heterocycles. The molecule has 0 spiro atoms. The van der Waals surface area contributed by atoms with E-state index in [0.717, 1.165) is 43.9 Å². The van der Waals surface area contributed by atoms with Crippen molar-refractivity contribution in [2.45, 2.75) is 59.0 Å². The molecule has 0 aliphatic carbocycles. The average Bonchev–Trinajstić information content (AvgIpc) is 3.55. The van der Waals surface area contributed by atoms with Gasteiger partial charge in [0.1, 0.15) is 51.9 Å². The first kappa shape index (κ1) is 43.9. The van der Waals surface area contributed by atoms with Crippen LogP contribution < -0.4 is 23.2 Å². The monoisotopic (exact) mass is 923 g/mol. The van der Waals surface area contributed by atoms with Gasteiger partial charge in [-0.05, 0) is 77.1 Å². The van der Waals surface area contributed by atoms with E-state index in [1.165, 1.54) is 0 Å². The van der Waals surface area contributed by atoms with Crippen LogP contribution in [0.4, 0.5) is 5.69 Å². The second-order valence-electron chi connectivity index (χ2n) is 17.7. The molecule has 0 fully saturated rings. The Hall–Kier alpha value is -6.31. The zero-order chi connectivity index (χ0) is 45.3. The Labute approximate surface area is 385 Å². The fourth-order valence-corrected chi connectivity index (χ4v) is 10.3. The lowest BCUT2D eigenvalue weighted by atomic mass is 9.81. The number of para-hydroxylation sites is 4. The van der Waals surface area contributed by atoms with E-state index in [-0.39, 0.29) is 0 Å². The van der Waals surface area contributed by atoms with Gasteiger partial charge >= 0.3 is 16.5 Å². The second kappa shape index (κ2) is 18.3. The maximum absolute atomic E-state index is 7.21. The van der Waals surface area contributed by atoms with Crippen LogP contribution in [0.5, 0.6) is 23.0 Å². The van der Waals surface area contributed by atoms with Crippen molar-refractivity contribution in [2.75, 3.05) is 18.1 Å². The van der Waals surface area contributed by atoms with Crippen molar-refractivity contribution in [3.05, 3.63) is 162 Å². The van der Waals surface area contributed by atoms with E-state index in [1.54, 1.807) is 19.1 Å². The van der Waals surface area contributed by atoms with Crippen molar-refractivity contribution in [1.29, 1.82) is 0 Å². The third kappa shape index (κ3) is 9.44. The summed E-state index contributed by atoms with van der Waals surface area (Å²) in [5, 5.41) is 3.67. The average molecular weight is 924 g/mol. The van der Waals surface area contributed by atoms with Gasteiger partial charge in [-0.1, -0.05) is 138 Å². The van der Waals surface area contributed by atoms with Gasteiger partial charge in [-0.15, -0.1) is 0 Å². The minimum Gasteiger partial charge on any atom is -0.497 e. The molecule has 65 heavy (non-hydrogen) atoms. The minimum atomic E-state index is -2.07. The number of methoxy groups -OCH3 is 1. The summed E-state index contributed by atoms with van der Waals surface area (Å²) in [6.07, 6.45) is 2.00. The summed E-state index contributed by atoms with van der Waals surface area (Å²) in [5.74, 6) is 2.36. The number of nitrogens with one attached hydrogen (secondary N) is 1. The first-order chi connectivity index (χ1) is 31.4. The summed E-state index contributed by atoms with van der Waals surface area (Å²) in [4.78, 5) is 0. The number of hydrogen-bond acceptors (Lipinski definition) is 10. The highest BCUT2D eigenvalue weighted by Crippen LogP contribution is 2.53. The molecular formula is C53H51NO8P2S. The molecule has 0 unspecified atom stereocenters. The van der Waals surface area contributed by atoms with Crippen LogP contribution in [0, 0.1) is 0 Å². The van der Waals surface area contributed by atoms with Gasteiger partial charge < -0.3 is 40.0 Å². The highest BCUT2D eigenvalue weighted by molar-refractivity contribution is 7.99. The van der Waals surface area contributed by atoms with Crippen molar-refractivity contribution < 1.29 is 35.3 Å². The maximum atomic E-state index is 7.21. The Morgan fingerprint density at radius 1 is 0.508 bits per heavy atom. The molecular weight excluding hydrogens is 873 g/mol. The Balaban J connectivity index is 1.31. The highest BCUT2D eigenvalue weighted by Gasteiger charge is 2.31. The summed E-state index contributed by atoms with van der Waals surface area (Å²) in [7, 11) is -2.47. The van der Waals surface area contributed by atoms with E-state index in [9.17, 15) is 0 Å². The molecule has 1 N–H and O–H groups in total. The quantitative estimate of drug-likeness (QED) is 0.126. The lowest BCUT2D eigenvalue weighted by Gasteiger charge is -2.28. The SMILES string of the molecule is COc1cc(-c2cc(OCc3ccc(NSC)cc3)cc(C(C)(C)C)c2Op2oc3ccccc3c3ccccc3o2)c(Op2oc3ccccc3c3ccccc3o2)c(C(C)(C)C)c1. The van der Waals surface area contributed by atoms with Crippen molar-refractivity contribution in [3.63, 3.8) is 0 Å². The van der Waals surface area contributed by atoms with Crippen LogP contribution in [0.1, 0.15) is 58.2 Å². The number of fused-ring (bicyclic) bond motifs is 6. The summed E-state index contributed by atoms with van der Waals surface area (Å²) in [6.45, 7) is 13.2. The Kier molecular flexibility index (Phi) is 12.4. The van der Waals surface area contributed by atoms with E-state index < -0.39 is 27.3 Å². The zero-order valence-corrected chi connectivity index (χ0v) is 40.2. The molecule has 0 aliphatic rings. The van der Waals surface area contributed by atoms with E-state index in [4.69, 9.17) is 35.3 Å². The number of ether oxygens (including phenoxy) is 2. The topological polar surface area (TPSA) is 102 Å². The summed E-state index contributed by atoms with van der Waals surface area (Å²) >= 11 is 1.55. The molecule has 0 atom stereocenters. The molecule has 0 bridgehead atoms. The number of hydrogen-bond donors (Lipinski definition) is 1. The minimum absolute atomic E-state index is 0.329. The zero-order valence-electron chi connectivity index (χ0n) is 37.6. The summed E-state index contributed by atoms with van der Waals surface area (Å²) < 4.78 is 57.3. The van der Waals surface area contributed by atoms with Crippen molar-refractivity contribution in [1.82, 2.24) is 0 Å². The molecule has 9 nitrogen and oxygen atoms in total. The predicted molar refractivity (Wildman–Crippen MR) is 268 cm³/mol. The van der Waals surface area contributed by atoms with Gasteiger partial charge in [0.15, 0.2) is 0 Å². The fraction of sp³-hybridized carbons (Fsp3) is 0.208. The molecule has 2 aromatic heterocycles. The van der Waals surface area contributed by atoms with Gasteiger partial charge in [-0.25, -0.2) is 0 Å². The molecule has 7 aromatic carbocycles. The number of anilines is 1. The van der Waals surface area contributed by atoms with Gasteiger partial charge in [-0.2, -0.15) is 0 Å². The molecule has 0 saturated heterocycles. The van der Waals surface area contributed by atoms with Crippen LogP contribution >= 0.6 is 28.4 Å². The summed E-state index contributed by atoms with van der Waals surface area (Å²) in [6, 6.07) is 48.0. The van der Waals surface area contributed by atoms with Gasteiger partial charge in [-0.3, -0.25) is 0 Å². The molecule has 0 saturated carbocycles. The number of benzene rings is 7. The van der Waals surface area contributed by atoms with Gasteiger partial charge in [0, 0.05) is 55.7 Å². The normalized spacial score (nSPS) is 11.8. The first-order valence-electron chi connectivity index (χ1n) is 21.3. The number of rotatable bonds is 11. The van der Waals surface area contributed by atoms with Gasteiger partial charge in [0.2, 0.25) is 0 Å². The molecule has 2 heterocycles. The first-order valence-corrected chi connectivity index (χ1v) is 24.7. The van der Waals surface area contributed by atoms with Crippen LogP contribution in [0.3, 0.4) is 0 Å². The largest absolute Gasteiger partial charge is 0.497 e. The Morgan fingerprint density at radius 2 is 0.892 bits per heavy atom. The van der Waals surface area contributed by atoms with Crippen LogP contribution in [-0.4, -0.2) is 13.4 Å². The molecule has 332 valence electrons. The van der Waals surface area contributed by atoms with Gasteiger partial charge in [0.05, 0.1) is 7.11 Å². The van der Waals surface area contributed by atoms with E-state index in [0.29, 0.717) is 63.1 Å². The Morgan fingerprint density at radius 3 is 1.28 bits per heavy atom. The second-order valence-corrected chi connectivity index (χ2v) is 20.3. The highest BCUT2D eigenvalue weighted by atomic mass is 32.2. The molecule has 12 heteroatoms. The van der Waals surface area contributed by atoms with Crippen molar-refractivity contribution >= 4 is 78.0 Å². The van der Waals surface area contributed by atoms with Crippen molar-refractivity contribution in [2.24, 2.45) is 0 Å². The van der Waals surface area contributed by atoms with Crippen molar-refractivity contribution in [3.8, 4) is 34.1 Å². The van der Waals surface area contributed by atoms with Gasteiger partial charge in [0.25, 0.3) is 0 Å². The van der Waals surface area contributed by atoms with Crippen LogP contribution in [0.2, 0.25) is 0 Å². The lowest BCUT2D eigenvalue weighted by molar-refractivity contribution is 0.305. The summed E-state index contributed by atoms with van der Waals surface area (Å²) in [5.41, 5.74) is 6.86. The Bertz CT molecular complexity index is 3140. The third-order valence-electron chi connectivity index (χ3n) is 11.0.